The highest BCUT2D eigenvalue weighted by Gasteiger charge is 2.05. The van der Waals surface area contributed by atoms with Crippen molar-refractivity contribution >= 4 is 23.6 Å². The molecule has 0 aliphatic carbocycles. The molecule has 3 heteroatoms. The fourth-order valence-electron chi connectivity index (χ4n) is 0.543. The van der Waals surface area contributed by atoms with Crippen LogP contribution in [0.15, 0.2) is 0 Å². The Morgan fingerprint density at radius 1 is 1.73 bits per heavy atom. The van der Waals surface area contributed by atoms with Gasteiger partial charge in [-0.2, -0.15) is 0 Å². The average Bonchev–Trinajstić information content (AvgIpc) is 2.00. The summed E-state index contributed by atoms with van der Waals surface area (Å²) >= 11 is 4.58. The van der Waals surface area contributed by atoms with E-state index >= 15 is 0 Å². The summed E-state index contributed by atoms with van der Waals surface area (Å²) in [5.41, 5.74) is 0. The van der Waals surface area contributed by atoms with Crippen LogP contribution in [0.3, 0.4) is 0 Å². The fourth-order valence-corrected chi connectivity index (χ4v) is 0.661. The smallest absolute Gasteiger partial charge is 0.306 e. The summed E-state index contributed by atoms with van der Waals surface area (Å²) in [6, 6.07) is 0. The first-order valence-electron chi connectivity index (χ1n) is 3.83. The van der Waals surface area contributed by atoms with Crippen molar-refractivity contribution in [2.45, 2.75) is 39.2 Å². The van der Waals surface area contributed by atoms with Crippen molar-refractivity contribution in [3.8, 4) is 0 Å². The van der Waals surface area contributed by atoms with Gasteiger partial charge in [0.25, 0.3) is 0 Å². The van der Waals surface area contributed by atoms with Crippen LogP contribution in [0.4, 0.5) is 0 Å². The normalized spacial score (nSPS) is 12.2. The lowest BCUT2D eigenvalue weighted by molar-refractivity contribution is -0.148. The van der Waals surface area contributed by atoms with Gasteiger partial charge in [0.15, 0.2) is 0 Å². The molecule has 0 aliphatic heterocycles. The predicted molar refractivity (Wildman–Crippen MR) is 48.7 cm³/mol. The van der Waals surface area contributed by atoms with Crippen LogP contribution >= 0.6 is 12.2 Å². The van der Waals surface area contributed by atoms with Crippen molar-refractivity contribution in [1.82, 2.24) is 0 Å². The van der Waals surface area contributed by atoms with Crippen molar-refractivity contribution in [2.75, 3.05) is 0 Å². The summed E-state index contributed by atoms with van der Waals surface area (Å²) in [4.78, 5) is 10.9. The largest absolute Gasteiger partial charge is 0.463 e. The van der Waals surface area contributed by atoms with Crippen LogP contribution in [0.25, 0.3) is 0 Å². The molecule has 11 heavy (non-hydrogen) atoms. The van der Waals surface area contributed by atoms with Crippen LogP contribution in [0, 0.1) is 0 Å². The van der Waals surface area contributed by atoms with E-state index in [1.54, 1.807) is 5.37 Å². The standard InChI is InChI=1S/C8H14O2S/c1-3-7(2)10-8(9)5-4-6-11/h6-7H,3-5H2,1-2H3. The summed E-state index contributed by atoms with van der Waals surface area (Å²) in [5, 5.41) is 1.55. The van der Waals surface area contributed by atoms with Crippen molar-refractivity contribution in [3.05, 3.63) is 0 Å². The highest BCUT2D eigenvalue weighted by Crippen LogP contribution is 1.99. The quantitative estimate of drug-likeness (QED) is 0.471. The molecule has 1 unspecified atom stereocenters. The van der Waals surface area contributed by atoms with Crippen LogP contribution in [-0.2, 0) is 9.53 Å². The van der Waals surface area contributed by atoms with Crippen LogP contribution in [0.5, 0.6) is 0 Å². The molecule has 0 saturated heterocycles. The molecule has 0 saturated carbocycles. The van der Waals surface area contributed by atoms with E-state index in [1.165, 1.54) is 0 Å². The molecule has 0 aromatic rings. The van der Waals surface area contributed by atoms with E-state index < -0.39 is 0 Å². The first-order chi connectivity index (χ1) is 5.20. The zero-order chi connectivity index (χ0) is 8.69. The minimum atomic E-state index is -0.152. The third-order valence-corrected chi connectivity index (χ3v) is 1.61. The van der Waals surface area contributed by atoms with Crippen molar-refractivity contribution in [3.63, 3.8) is 0 Å². The van der Waals surface area contributed by atoms with E-state index in [0.29, 0.717) is 12.8 Å². The van der Waals surface area contributed by atoms with Crippen molar-refractivity contribution in [2.24, 2.45) is 0 Å². The lowest BCUT2D eigenvalue weighted by Crippen LogP contribution is -2.13. The SMILES string of the molecule is CCC(C)OC(=O)CCC=S. The summed E-state index contributed by atoms with van der Waals surface area (Å²) in [6.07, 6.45) is 1.94. The lowest BCUT2D eigenvalue weighted by Gasteiger charge is -2.09. The molecular weight excluding hydrogens is 160 g/mol. The first kappa shape index (κ1) is 10.6. The molecule has 0 fully saturated rings. The van der Waals surface area contributed by atoms with Gasteiger partial charge in [-0.15, -0.1) is 0 Å². The Morgan fingerprint density at radius 2 is 2.36 bits per heavy atom. The van der Waals surface area contributed by atoms with Crippen LogP contribution in [0.2, 0.25) is 0 Å². The molecule has 1 atom stereocenters. The minimum absolute atomic E-state index is 0.0348. The molecule has 0 N–H and O–H groups in total. The van der Waals surface area contributed by atoms with Gasteiger partial charge in [0, 0.05) is 6.42 Å². The molecule has 0 aromatic carbocycles. The Morgan fingerprint density at radius 3 is 2.82 bits per heavy atom. The van der Waals surface area contributed by atoms with Crippen molar-refractivity contribution in [1.29, 1.82) is 0 Å². The Balaban J connectivity index is 3.43. The van der Waals surface area contributed by atoms with E-state index in [-0.39, 0.29) is 12.1 Å². The summed E-state index contributed by atoms with van der Waals surface area (Å²) in [6.45, 7) is 3.87. The second kappa shape index (κ2) is 6.28. The highest BCUT2D eigenvalue weighted by atomic mass is 32.1. The molecule has 0 heterocycles. The number of esters is 1. The van der Waals surface area contributed by atoms with Crippen LogP contribution in [0.1, 0.15) is 33.1 Å². The fraction of sp³-hybridized carbons (Fsp3) is 0.750. The summed E-state index contributed by atoms with van der Waals surface area (Å²) < 4.78 is 5.00. The molecule has 0 aromatic heterocycles. The number of ether oxygens (including phenoxy) is 1. The number of carbonyl (C=O) groups excluding carboxylic acids is 1. The zero-order valence-electron chi connectivity index (χ0n) is 7.00. The third-order valence-electron chi connectivity index (χ3n) is 1.37. The zero-order valence-corrected chi connectivity index (χ0v) is 7.82. The van der Waals surface area contributed by atoms with Gasteiger partial charge < -0.3 is 4.74 Å². The minimum Gasteiger partial charge on any atom is -0.463 e. The maximum Gasteiger partial charge on any atom is 0.306 e. The van der Waals surface area contributed by atoms with E-state index in [4.69, 9.17) is 4.74 Å². The highest BCUT2D eigenvalue weighted by molar-refractivity contribution is 7.78. The molecular formula is C8H14O2S. The van der Waals surface area contributed by atoms with E-state index in [0.717, 1.165) is 6.42 Å². The monoisotopic (exact) mass is 174 g/mol. The number of rotatable bonds is 5. The van der Waals surface area contributed by atoms with Gasteiger partial charge in [0.2, 0.25) is 0 Å². The average molecular weight is 174 g/mol. The van der Waals surface area contributed by atoms with Gasteiger partial charge in [-0.3, -0.25) is 4.79 Å². The van der Waals surface area contributed by atoms with Crippen LogP contribution < -0.4 is 0 Å². The van der Waals surface area contributed by atoms with Gasteiger partial charge in [0.1, 0.15) is 0 Å². The van der Waals surface area contributed by atoms with Crippen molar-refractivity contribution < 1.29 is 9.53 Å². The van der Waals surface area contributed by atoms with Gasteiger partial charge in [-0.25, -0.2) is 0 Å². The predicted octanol–water partition coefficient (Wildman–Crippen LogP) is 2.11. The van der Waals surface area contributed by atoms with E-state index in [9.17, 15) is 4.79 Å². The topological polar surface area (TPSA) is 26.3 Å². The lowest BCUT2D eigenvalue weighted by atomic mass is 10.3. The molecule has 2 nitrogen and oxygen atoms in total. The second-order valence-corrected chi connectivity index (χ2v) is 2.75. The van der Waals surface area contributed by atoms with E-state index in [1.807, 2.05) is 13.8 Å². The molecule has 64 valence electrons. The molecule has 0 rings (SSSR count). The van der Waals surface area contributed by atoms with Gasteiger partial charge in [-0.05, 0) is 25.1 Å². The Bertz CT molecular complexity index is 134. The maximum absolute atomic E-state index is 10.9. The maximum atomic E-state index is 10.9. The van der Waals surface area contributed by atoms with Crippen LogP contribution in [-0.4, -0.2) is 17.4 Å². The molecule has 0 bridgehead atoms. The molecule has 0 amide bonds. The Labute approximate surface area is 72.9 Å². The Hall–Kier alpha value is -0.440. The number of carbonyl (C=O) groups is 1. The number of hydrogen-bond donors (Lipinski definition) is 0. The summed E-state index contributed by atoms with van der Waals surface area (Å²) in [5.74, 6) is -0.152. The second-order valence-electron chi connectivity index (χ2n) is 2.41. The number of thiocarbonyl (C=S) groups is 1. The molecule has 0 radical (unpaired) electrons. The van der Waals surface area contributed by atoms with E-state index in [2.05, 4.69) is 12.2 Å². The summed E-state index contributed by atoms with van der Waals surface area (Å²) in [7, 11) is 0. The van der Waals surface area contributed by atoms with Gasteiger partial charge in [0.05, 0.1) is 6.10 Å². The van der Waals surface area contributed by atoms with Gasteiger partial charge in [-0.1, -0.05) is 19.1 Å². The Kier molecular flexibility index (Phi) is 6.03. The first-order valence-corrected chi connectivity index (χ1v) is 4.31. The molecule has 0 aliphatic rings. The third kappa shape index (κ3) is 5.98. The molecule has 0 spiro atoms. The van der Waals surface area contributed by atoms with Gasteiger partial charge >= 0.3 is 5.97 Å². The number of hydrogen-bond acceptors (Lipinski definition) is 3.